The Balaban J connectivity index is 1.85. The zero-order valence-electron chi connectivity index (χ0n) is 21.4. The topological polar surface area (TPSA) is 92.8 Å². The van der Waals surface area contributed by atoms with E-state index in [-0.39, 0.29) is 69.6 Å². The molecule has 1 aliphatic heterocycles. The van der Waals surface area contributed by atoms with Crippen LogP contribution < -0.4 is 5.32 Å². The quantitative estimate of drug-likeness (QED) is 0.377. The number of carbonyl (C=O) groups excluding carboxylic acids is 2. The number of sulfone groups is 1. The standard InChI is InChI=1S/C26H29Cl2F3N2O5S/c1-3-38-25(35)16-6-5-9-33(14-16)15-20-21(26(29,30)31)11-17(12-22(20)28)24(34)32-13-18-10-19(27)7-8-23(18)39(36,37)4-2/h7-8,10-12,16H,3-6,9,13-15H2,1-2H3,(H,32,34)/t16-/m0/s1. The van der Waals surface area contributed by atoms with Crippen molar-refractivity contribution in [2.75, 3.05) is 25.4 Å². The van der Waals surface area contributed by atoms with E-state index in [2.05, 4.69) is 5.32 Å². The summed E-state index contributed by atoms with van der Waals surface area (Å²) >= 11 is 12.3. The molecule has 1 amide bonds. The Bertz CT molecular complexity index is 1340. The first-order chi connectivity index (χ1) is 18.3. The molecule has 0 radical (unpaired) electrons. The molecule has 214 valence electrons. The van der Waals surface area contributed by atoms with Crippen molar-refractivity contribution in [2.45, 2.75) is 50.9 Å². The van der Waals surface area contributed by atoms with Crippen molar-refractivity contribution in [3.63, 3.8) is 0 Å². The fourth-order valence-electron chi connectivity index (χ4n) is 4.48. The Labute approximate surface area is 235 Å². The van der Waals surface area contributed by atoms with E-state index in [1.54, 1.807) is 11.8 Å². The van der Waals surface area contributed by atoms with Crippen LogP contribution in [0.5, 0.6) is 0 Å². The lowest BCUT2D eigenvalue weighted by Crippen LogP contribution is -2.39. The smallest absolute Gasteiger partial charge is 0.416 e. The summed E-state index contributed by atoms with van der Waals surface area (Å²) in [5.74, 6) is -1.87. The van der Waals surface area contributed by atoms with Gasteiger partial charge in [-0.1, -0.05) is 30.1 Å². The van der Waals surface area contributed by atoms with E-state index in [9.17, 15) is 31.2 Å². The Hall–Kier alpha value is -2.34. The van der Waals surface area contributed by atoms with Crippen LogP contribution in [0.2, 0.25) is 10.0 Å². The molecule has 1 N–H and O–H groups in total. The minimum Gasteiger partial charge on any atom is -0.466 e. The van der Waals surface area contributed by atoms with E-state index in [0.717, 1.165) is 12.1 Å². The Kier molecular flexibility index (Phi) is 10.3. The van der Waals surface area contributed by atoms with E-state index < -0.39 is 33.4 Å². The van der Waals surface area contributed by atoms with Crippen LogP contribution in [0.1, 0.15) is 53.7 Å². The average molecular weight is 609 g/mol. The van der Waals surface area contributed by atoms with Crippen LogP contribution in [0.25, 0.3) is 0 Å². The maximum Gasteiger partial charge on any atom is 0.416 e. The number of rotatable bonds is 9. The van der Waals surface area contributed by atoms with Crippen molar-refractivity contribution >= 4 is 44.9 Å². The maximum atomic E-state index is 14.1. The fourth-order valence-corrected chi connectivity index (χ4v) is 6.07. The van der Waals surface area contributed by atoms with Gasteiger partial charge >= 0.3 is 12.1 Å². The monoisotopic (exact) mass is 608 g/mol. The number of nitrogens with zero attached hydrogens (tertiary/aromatic N) is 1. The molecule has 13 heteroatoms. The van der Waals surface area contributed by atoms with Gasteiger partial charge in [0.05, 0.1) is 28.7 Å². The van der Waals surface area contributed by atoms with Crippen LogP contribution in [-0.4, -0.2) is 50.6 Å². The summed E-state index contributed by atoms with van der Waals surface area (Å²) in [5, 5.41) is 2.46. The molecule has 0 bridgehead atoms. The van der Waals surface area contributed by atoms with Crippen molar-refractivity contribution in [3.8, 4) is 0 Å². The molecule has 0 aliphatic carbocycles. The summed E-state index contributed by atoms with van der Waals surface area (Å²) in [4.78, 5) is 26.7. The molecule has 0 unspecified atom stereocenters. The highest BCUT2D eigenvalue weighted by Crippen LogP contribution is 2.37. The molecule has 2 aromatic carbocycles. The number of alkyl halides is 3. The van der Waals surface area contributed by atoms with Gasteiger partial charge in [-0.3, -0.25) is 14.5 Å². The van der Waals surface area contributed by atoms with E-state index in [4.69, 9.17) is 27.9 Å². The van der Waals surface area contributed by atoms with Crippen molar-refractivity contribution in [1.29, 1.82) is 0 Å². The van der Waals surface area contributed by atoms with Crippen molar-refractivity contribution in [3.05, 3.63) is 62.6 Å². The number of ether oxygens (including phenoxy) is 1. The number of hydrogen-bond donors (Lipinski definition) is 1. The van der Waals surface area contributed by atoms with Gasteiger partial charge in [0, 0.05) is 35.2 Å². The minimum absolute atomic E-state index is 0.0262. The first-order valence-electron chi connectivity index (χ1n) is 12.3. The second kappa shape index (κ2) is 12.9. The van der Waals surface area contributed by atoms with E-state index in [1.807, 2.05) is 0 Å². The van der Waals surface area contributed by atoms with Gasteiger partial charge in [0.15, 0.2) is 9.84 Å². The molecule has 7 nitrogen and oxygen atoms in total. The lowest BCUT2D eigenvalue weighted by atomic mass is 9.96. The molecule has 1 heterocycles. The highest BCUT2D eigenvalue weighted by Gasteiger charge is 2.37. The molecule has 3 rings (SSSR count). The number of likely N-dealkylation sites (tertiary alicyclic amines) is 1. The molecule has 0 aromatic heterocycles. The van der Waals surface area contributed by atoms with Gasteiger partial charge in [-0.15, -0.1) is 0 Å². The Morgan fingerprint density at radius 2 is 1.87 bits per heavy atom. The second-order valence-corrected chi connectivity index (χ2v) is 12.2. The third-order valence-electron chi connectivity index (χ3n) is 6.45. The predicted molar refractivity (Wildman–Crippen MR) is 141 cm³/mol. The third-order valence-corrected chi connectivity index (χ3v) is 8.85. The average Bonchev–Trinajstić information content (AvgIpc) is 2.87. The molecule has 0 spiro atoms. The largest absolute Gasteiger partial charge is 0.466 e. The van der Waals surface area contributed by atoms with Gasteiger partial charge in [0.2, 0.25) is 0 Å². The number of amides is 1. The number of nitrogens with one attached hydrogen (secondary N) is 1. The molecule has 1 aliphatic rings. The summed E-state index contributed by atoms with van der Waals surface area (Å²) in [7, 11) is -3.64. The van der Waals surface area contributed by atoms with Crippen LogP contribution in [0.4, 0.5) is 13.2 Å². The number of carbonyl (C=O) groups is 2. The van der Waals surface area contributed by atoms with E-state index >= 15 is 0 Å². The van der Waals surface area contributed by atoms with Gasteiger partial charge in [0.1, 0.15) is 0 Å². The molecule has 1 atom stereocenters. The summed E-state index contributed by atoms with van der Waals surface area (Å²) in [6, 6.07) is 5.98. The first-order valence-corrected chi connectivity index (χ1v) is 14.8. The van der Waals surface area contributed by atoms with Gasteiger partial charge in [-0.05, 0) is 67.8 Å². The third kappa shape index (κ3) is 7.87. The van der Waals surface area contributed by atoms with Crippen molar-refractivity contribution in [2.24, 2.45) is 5.92 Å². The molecule has 39 heavy (non-hydrogen) atoms. The SMILES string of the molecule is CCOC(=O)[C@H]1CCCN(Cc2c(Cl)cc(C(=O)NCc3cc(Cl)ccc3S(=O)(=O)CC)cc2C(F)(F)F)C1. The summed E-state index contributed by atoms with van der Waals surface area (Å²) in [6.45, 7) is 3.65. The van der Waals surface area contributed by atoms with Gasteiger partial charge in [-0.2, -0.15) is 13.2 Å². The lowest BCUT2D eigenvalue weighted by Gasteiger charge is -2.32. The predicted octanol–water partition coefficient (Wildman–Crippen LogP) is 5.51. The number of benzene rings is 2. The minimum atomic E-state index is -4.80. The second-order valence-electron chi connectivity index (χ2n) is 9.15. The molecule has 1 saturated heterocycles. The summed E-state index contributed by atoms with van der Waals surface area (Å²) < 4.78 is 72.1. The van der Waals surface area contributed by atoms with Crippen LogP contribution in [0.15, 0.2) is 35.2 Å². The van der Waals surface area contributed by atoms with Crippen LogP contribution in [-0.2, 0) is 38.6 Å². The van der Waals surface area contributed by atoms with Gasteiger partial charge in [0.25, 0.3) is 5.91 Å². The van der Waals surface area contributed by atoms with Crippen LogP contribution >= 0.6 is 23.2 Å². The number of piperidine rings is 1. The zero-order valence-corrected chi connectivity index (χ0v) is 23.7. The van der Waals surface area contributed by atoms with Crippen molar-refractivity contribution in [1.82, 2.24) is 10.2 Å². The van der Waals surface area contributed by atoms with E-state index in [0.29, 0.717) is 19.4 Å². The van der Waals surface area contributed by atoms with Crippen LogP contribution in [0.3, 0.4) is 0 Å². The summed E-state index contributed by atoms with van der Waals surface area (Å²) in [6.07, 6.45) is -3.61. The van der Waals surface area contributed by atoms with Crippen molar-refractivity contribution < 1.29 is 35.9 Å². The highest BCUT2D eigenvalue weighted by atomic mass is 35.5. The Morgan fingerprint density at radius 3 is 2.51 bits per heavy atom. The first kappa shape index (κ1) is 31.2. The lowest BCUT2D eigenvalue weighted by molar-refractivity contribution is -0.150. The fraction of sp³-hybridized carbons (Fsp3) is 0.462. The zero-order chi connectivity index (χ0) is 29.0. The highest BCUT2D eigenvalue weighted by molar-refractivity contribution is 7.91. The number of hydrogen-bond acceptors (Lipinski definition) is 6. The van der Waals surface area contributed by atoms with E-state index in [1.165, 1.54) is 25.1 Å². The number of halogens is 5. The Morgan fingerprint density at radius 1 is 1.15 bits per heavy atom. The van der Waals surface area contributed by atoms with Crippen LogP contribution in [0, 0.1) is 5.92 Å². The molecule has 0 saturated carbocycles. The van der Waals surface area contributed by atoms with Gasteiger partial charge in [-0.25, -0.2) is 8.42 Å². The maximum absolute atomic E-state index is 14.1. The number of esters is 1. The van der Waals surface area contributed by atoms with Gasteiger partial charge < -0.3 is 10.1 Å². The molecule has 2 aromatic rings. The molecular formula is C26H29Cl2F3N2O5S. The summed E-state index contributed by atoms with van der Waals surface area (Å²) in [5.41, 5.74) is -1.38. The molecule has 1 fully saturated rings. The normalized spacial score (nSPS) is 16.6. The molecular weight excluding hydrogens is 580 g/mol.